The molecule has 0 aliphatic rings. The van der Waals surface area contributed by atoms with Gasteiger partial charge in [0, 0.05) is 12.3 Å². The van der Waals surface area contributed by atoms with Crippen molar-refractivity contribution in [2.24, 2.45) is 5.92 Å². The molecule has 148 valence electrons. The van der Waals surface area contributed by atoms with Crippen LogP contribution in [0.3, 0.4) is 0 Å². The highest BCUT2D eigenvalue weighted by Crippen LogP contribution is 2.30. The van der Waals surface area contributed by atoms with Crippen LogP contribution in [0, 0.1) is 17.2 Å². The molecule has 0 saturated carbocycles. The number of amides is 1. The third kappa shape index (κ3) is 6.27. The number of anilines is 1. The van der Waals surface area contributed by atoms with Crippen LogP contribution < -0.4 is 10.1 Å². The fourth-order valence-corrected chi connectivity index (χ4v) is 2.68. The van der Waals surface area contributed by atoms with Crippen molar-refractivity contribution in [1.82, 2.24) is 0 Å². The highest BCUT2D eigenvalue weighted by Gasteiger charge is 2.23. The Morgan fingerprint density at radius 2 is 1.79 bits per heavy atom. The van der Waals surface area contributed by atoms with E-state index in [0.29, 0.717) is 23.4 Å². The Hall–Kier alpha value is -3.08. The second-order valence-electron chi connectivity index (χ2n) is 6.27. The first-order chi connectivity index (χ1) is 13.6. The monoisotopic (exact) mass is 384 g/mol. The van der Waals surface area contributed by atoms with Gasteiger partial charge in [-0.1, -0.05) is 19.1 Å². The summed E-state index contributed by atoms with van der Waals surface area (Å²) in [5.41, 5.74) is 1.79. The van der Waals surface area contributed by atoms with Gasteiger partial charge in [0.1, 0.15) is 18.5 Å². The molecule has 7 nitrogen and oxygen atoms in total. The summed E-state index contributed by atoms with van der Waals surface area (Å²) >= 11 is 0. The maximum Gasteiger partial charge on any atom is 0.412 e. The molecule has 2 atom stereocenters. The lowest BCUT2D eigenvalue weighted by Gasteiger charge is -2.24. The molecule has 3 N–H and O–H groups in total. The first-order valence-corrected chi connectivity index (χ1v) is 8.99. The minimum atomic E-state index is -0.625. The predicted molar refractivity (Wildman–Crippen MR) is 104 cm³/mol. The summed E-state index contributed by atoms with van der Waals surface area (Å²) < 4.78 is 11.0. The smallest absolute Gasteiger partial charge is 0.412 e. The third-order valence-electron chi connectivity index (χ3n) is 4.16. The van der Waals surface area contributed by atoms with Crippen molar-refractivity contribution in [3.05, 3.63) is 59.7 Å². The quantitative estimate of drug-likeness (QED) is 0.612. The first-order valence-electron chi connectivity index (χ1n) is 8.99. The topological polar surface area (TPSA) is 112 Å². The van der Waals surface area contributed by atoms with Gasteiger partial charge in [-0.15, -0.1) is 0 Å². The molecule has 1 amide bonds. The van der Waals surface area contributed by atoms with Crippen molar-refractivity contribution in [3.8, 4) is 11.8 Å². The van der Waals surface area contributed by atoms with E-state index in [-0.39, 0.29) is 25.7 Å². The zero-order valence-electron chi connectivity index (χ0n) is 15.7. The molecule has 2 rings (SSSR count). The Labute approximate surface area is 164 Å². The van der Waals surface area contributed by atoms with Crippen LogP contribution in [-0.2, 0) is 4.74 Å². The van der Waals surface area contributed by atoms with Crippen LogP contribution in [0.5, 0.6) is 5.75 Å². The molecule has 0 spiro atoms. The standard InChI is InChI=1S/C21H24N2O5/c1-15(10-11-24)20(17-4-8-19(9-5-17)27-13-12-25)28-21(26)23-18-6-2-16(14-22)3-7-18/h2-9,15,20,24-25H,10-13H2,1H3,(H,23,26)/t15-,20+/m1/s1. The lowest BCUT2D eigenvalue weighted by molar-refractivity contribution is 0.0667. The van der Waals surface area contributed by atoms with Crippen LogP contribution in [0.1, 0.15) is 30.6 Å². The van der Waals surface area contributed by atoms with E-state index in [1.807, 2.05) is 13.0 Å². The number of nitrogens with one attached hydrogen (secondary N) is 1. The molecule has 0 aromatic heterocycles. The van der Waals surface area contributed by atoms with Crippen molar-refractivity contribution in [2.45, 2.75) is 19.4 Å². The van der Waals surface area contributed by atoms with E-state index in [0.717, 1.165) is 5.56 Å². The average molecular weight is 384 g/mol. The summed E-state index contributed by atoms with van der Waals surface area (Å²) in [7, 11) is 0. The lowest BCUT2D eigenvalue weighted by Crippen LogP contribution is -2.22. The Morgan fingerprint density at radius 1 is 1.11 bits per heavy atom. The number of aliphatic hydroxyl groups is 2. The summed E-state index contributed by atoms with van der Waals surface area (Å²) in [5, 5.41) is 29.6. The molecule has 0 heterocycles. The van der Waals surface area contributed by atoms with Gasteiger partial charge < -0.3 is 19.7 Å². The molecule has 2 aromatic carbocycles. The molecule has 0 aliphatic carbocycles. The Morgan fingerprint density at radius 3 is 2.36 bits per heavy atom. The van der Waals surface area contributed by atoms with Gasteiger partial charge in [0.25, 0.3) is 0 Å². The number of ether oxygens (including phenoxy) is 2. The van der Waals surface area contributed by atoms with Gasteiger partial charge in [-0.05, 0) is 54.3 Å². The molecule has 7 heteroatoms. The number of carbonyl (C=O) groups is 1. The SMILES string of the molecule is C[C@H](CCO)[C@H](OC(=O)Nc1ccc(C#N)cc1)c1ccc(OCCO)cc1. The molecule has 28 heavy (non-hydrogen) atoms. The number of aliphatic hydroxyl groups excluding tert-OH is 2. The fraction of sp³-hybridized carbons (Fsp3) is 0.333. The number of benzene rings is 2. The van der Waals surface area contributed by atoms with Gasteiger partial charge in [0.15, 0.2) is 0 Å². The maximum absolute atomic E-state index is 12.4. The summed E-state index contributed by atoms with van der Waals surface area (Å²) in [6.45, 7) is 2.01. The van der Waals surface area contributed by atoms with Gasteiger partial charge in [0.05, 0.1) is 18.2 Å². The van der Waals surface area contributed by atoms with Crippen LogP contribution in [0.25, 0.3) is 0 Å². The average Bonchev–Trinajstić information content (AvgIpc) is 2.71. The Balaban J connectivity index is 2.09. The van der Waals surface area contributed by atoms with E-state index in [1.165, 1.54) is 0 Å². The predicted octanol–water partition coefficient (Wildman–Crippen LogP) is 3.24. The number of nitrogens with zero attached hydrogens (tertiary/aromatic N) is 1. The van der Waals surface area contributed by atoms with Gasteiger partial charge >= 0.3 is 6.09 Å². The fourth-order valence-electron chi connectivity index (χ4n) is 2.68. The summed E-state index contributed by atoms with van der Waals surface area (Å²) in [5.74, 6) is 0.495. The number of rotatable bonds is 9. The van der Waals surface area contributed by atoms with Gasteiger partial charge in [-0.25, -0.2) is 4.79 Å². The van der Waals surface area contributed by atoms with Gasteiger partial charge in [-0.3, -0.25) is 5.32 Å². The number of nitriles is 1. The summed E-state index contributed by atoms with van der Waals surface area (Å²) in [4.78, 5) is 12.4. The molecule has 0 unspecified atom stereocenters. The number of hydrogen-bond acceptors (Lipinski definition) is 6. The highest BCUT2D eigenvalue weighted by molar-refractivity contribution is 5.84. The van der Waals surface area contributed by atoms with Crippen LogP contribution in [-0.4, -0.2) is 36.1 Å². The largest absolute Gasteiger partial charge is 0.491 e. The molecule has 2 aromatic rings. The molecule has 0 bridgehead atoms. The van der Waals surface area contributed by atoms with Gasteiger partial charge in [-0.2, -0.15) is 5.26 Å². The number of hydrogen-bond donors (Lipinski definition) is 3. The van der Waals surface area contributed by atoms with Crippen molar-refractivity contribution in [3.63, 3.8) is 0 Å². The van der Waals surface area contributed by atoms with Crippen LogP contribution in [0.4, 0.5) is 10.5 Å². The zero-order chi connectivity index (χ0) is 20.4. The van der Waals surface area contributed by atoms with Gasteiger partial charge in [0.2, 0.25) is 0 Å². The normalized spacial score (nSPS) is 12.5. The van der Waals surface area contributed by atoms with E-state index < -0.39 is 12.2 Å². The zero-order valence-corrected chi connectivity index (χ0v) is 15.7. The van der Waals surface area contributed by atoms with E-state index in [4.69, 9.17) is 19.8 Å². The Bertz CT molecular complexity index is 784. The van der Waals surface area contributed by atoms with Crippen molar-refractivity contribution < 1.29 is 24.5 Å². The second-order valence-corrected chi connectivity index (χ2v) is 6.27. The second kappa shape index (κ2) is 10.9. The first kappa shape index (κ1) is 21.2. The third-order valence-corrected chi connectivity index (χ3v) is 4.16. The van der Waals surface area contributed by atoms with Crippen LogP contribution in [0.15, 0.2) is 48.5 Å². The van der Waals surface area contributed by atoms with Crippen molar-refractivity contribution >= 4 is 11.8 Å². The lowest BCUT2D eigenvalue weighted by atomic mass is 9.94. The van der Waals surface area contributed by atoms with E-state index in [2.05, 4.69) is 5.32 Å². The van der Waals surface area contributed by atoms with E-state index >= 15 is 0 Å². The maximum atomic E-state index is 12.4. The number of carbonyl (C=O) groups excluding carboxylic acids is 1. The molecule has 0 aliphatic heterocycles. The minimum absolute atomic E-state index is 0.0179. The van der Waals surface area contributed by atoms with Crippen LogP contribution in [0.2, 0.25) is 0 Å². The van der Waals surface area contributed by atoms with Crippen molar-refractivity contribution in [1.29, 1.82) is 5.26 Å². The molecule has 0 radical (unpaired) electrons. The van der Waals surface area contributed by atoms with E-state index in [9.17, 15) is 9.90 Å². The van der Waals surface area contributed by atoms with Crippen LogP contribution >= 0.6 is 0 Å². The molecule has 0 fully saturated rings. The summed E-state index contributed by atoms with van der Waals surface area (Å²) in [6.07, 6.45) is -0.713. The molecular weight excluding hydrogens is 360 g/mol. The summed E-state index contributed by atoms with van der Waals surface area (Å²) in [6, 6.07) is 15.5. The molecular formula is C21H24N2O5. The highest BCUT2D eigenvalue weighted by atomic mass is 16.6. The van der Waals surface area contributed by atoms with Crippen molar-refractivity contribution in [2.75, 3.05) is 25.1 Å². The minimum Gasteiger partial charge on any atom is -0.491 e. The Kier molecular flexibility index (Phi) is 8.28. The molecule has 0 saturated heterocycles. The van der Waals surface area contributed by atoms with E-state index in [1.54, 1.807) is 48.5 Å².